The summed E-state index contributed by atoms with van der Waals surface area (Å²) in [5.41, 5.74) is 0.467. The third-order valence-electron chi connectivity index (χ3n) is 10.3. The van der Waals surface area contributed by atoms with E-state index < -0.39 is 18.3 Å². The highest BCUT2D eigenvalue weighted by Gasteiger charge is 2.30. The summed E-state index contributed by atoms with van der Waals surface area (Å²) in [5, 5.41) is 54.6. The zero-order chi connectivity index (χ0) is 49.2. The second kappa shape index (κ2) is 42.5. The number of urea groups is 1. The second-order valence-electron chi connectivity index (χ2n) is 15.6. The molecule has 0 radical (unpaired) electrons. The predicted octanol–water partition coefficient (Wildman–Crippen LogP) is -0.459. The van der Waals surface area contributed by atoms with Gasteiger partial charge in [-0.25, -0.2) is 4.79 Å². The van der Waals surface area contributed by atoms with Gasteiger partial charge in [0.05, 0.1) is 96.9 Å². The fourth-order valence-electron chi connectivity index (χ4n) is 6.30. The molecule has 3 unspecified atom stereocenters. The van der Waals surface area contributed by atoms with E-state index in [9.17, 15) is 19.5 Å². The Morgan fingerprint density at radius 2 is 1.33 bits per heavy atom. The first-order valence-corrected chi connectivity index (χ1v) is 23.8. The first kappa shape index (κ1) is 61.4. The van der Waals surface area contributed by atoms with Crippen molar-refractivity contribution in [2.24, 2.45) is 0 Å². The number of amides is 3. The van der Waals surface area contributed by atoms with E-state index in [0.717, 1.165) is 83.9 Å². The average Bonchev–Trinajstić information content (AvgIpc) is 3.69. The van der Waals surface area contributed by atoms with Gasteiger partial charge < -0.3 is 95.0 Å². The lowest BCUT2D eigenvalue weighted by Gasteiger charge is -2.32. The van der Waals surface area contributed by atoms with Gasteiger partial charge >= 0.3 is 6.03 Å². The van der Waals surface area contributed by atoms with Crippen molar-refractivity contribution in [3.05, 3.63) is 30.2 Å². The Kier molecular flexibility index (Phi) is 38.9. The van der Waals surface area contributed by atoms with Crippen molar-refractivity contribution >= 4 is 18.2 Å². The van der Waals surface area contributed by atoms with Gasteiger partial charge in [0.2, 0.25) is 5.91 Å². The molecule has 0 bridgehead atoms. The minimum atomic E-state index is -0.932. The molecule has 3 amide bonds. The van der Waals surface area contributed by atoms with Crippen molar-refractivity contribution in [2.45, 2.75) is 83.3 Å². The minimum absolute atomic E-state index is 0.00463. The molecule has 3 rings (SSSR count). The minimum Gasteiger partial charge on any atom is -0.494 e. The smallest absolute Gasteiger partial charge is 0.315 e. The van der Waals surface area contributed by atoms with Crippen LogP contribution in [0.3, 0.4) is 0 Å². The van der Waals surface area contributed by atoms with E-state index >= 15 is 0 Å². The highest BCUT2D eigenvalue weighted by Crippen LogP contribution is 2.16. The number of hydrogen-bond acceptors (Lipinski definition) is 18. The van der Waals surface area contributed by atoms with E-state index in [1.807, 2.05) is 0 Å². The molecular formula is C45H86N8O14. The monoisotopic (exact) mass is 963 g/mol. The number of aliphatic hydroxyl groups is 3. The number of aromatic nitrogens is 1. The Morgan fingerprint density at radius 1 is 0.776 bits per heavy atom. The van der Waals surface area contributed by atoms with E-state index in [4.69, 9.17) is 48.5 Å². The topological polar surface area (TPSA) is 277 Å². The number of rotatable bonds is 36. The summed E-state index contributed by atoms with van der Waals surface area (Å²) >= 11 is 0. The fourth-order valence-corrected chi connectivity index (χ4v) is 6.30. The summed E-state index contributed by atoms with van der Waals surface area (Å²) < 4.78 is 39.8. The molecule has 10 N–H and O–H groups in total. The highest BCUT2D eigenvalue weighted by atomic mass is 16.6. The number of hydrogen-bond donors (Lipinski definition) is 10. The molecule has 0 aromatic carbocycles. The fraction of sp³-hybridized carbons (Fsp3) is 0.800. The van der Waals surface area contributed by atoms with Crippen molar-refractivity contribution < 1.29 is 68.0 Å². The maximum atomic E-state index is 12.2. The lowest BCUT2D eigenvalue weighted by molar-refractivity contribution is -0.147. The van der Waals surface area contributed by atoms with Gasteiger partial charge in [-0.1, -0.05) is 26.3 Å². The summed E-state index contributed by atoms with van der Waals surface area (Å²) in [4.78, 5) is 35.3. The van der Waals surface area contributed by atoms with Gasteiger partial charge in [0.15, 0.2) is 12.2 Å². The van der Waals surface area contributed by atoms with Crippen LogP contribution in [0.4, 0.5) is 4.79 Å². The number of nitrogens with zero attached hydrogens (tertiary/aromatic N) is 2. The number of nitrogens with one attached hydrogen (secondary N) is 6. The molecule has 3 heterocycles. The van der Waals surface area contributed by atoms with Gasteiger partial charge in [-0.05, 0) is 31.7 Å². The van der Waals surface area contributed by atoms with Crippen molar-refractivity contribution in [3.63, 3.8) is 0 Å². The number of carbonyl (C=O) groups is 3. The molecule has 22 nitrogen and oxygen atoms in total. The molecule has 0 saturated carbocycles. The maximum Gasteiger partial charge on any atom is 0.315 e. The van der Waals surface area contributed by atoms with E-state index in [0.29, 0.717) is 104 Å². The second-order valence-corrected chi connectivity index (χ2v) is 15.6. The third-order valence-corrected chi connectivity index (χ3v) is 10.3. The molecule has 2 aliphatic rings. The SMILES string of the molecule is C=C(NCCNCCOCCCCC)NCCOCCOCCOCCOCCOCCNC(=O)NC1CCN(CCn2c(O)ccc2C=O)CC1.CNC(C)=O.OCC1OCCC(O)C1O. The first-order valence-electron chi connectivity index (χ1n) is 23.8. The summed E-state index contributed by atoms with van der Waals surface area (Å²) in [5.74, 6) is 0.885. The molecule has 390 valence electrons. The summed E-state index contributed by atoms with van der Waals surface area (Å²) in [6, 6.07) is 3.05. The van der Waals surface area contributed by atoms with Crippen LogP contribution in [-0.2, 0) is 44.5 Å². The normalized spacial score (nSPS) is 17.3. The molecule has 0 spiro atoms. The van der Waals surface area contributed by atoms with Gasteiger partial charge in [0.25, 0.3) is 0 Å². The Morgan fingerprint density at radius 3 is 1.88 bits per heavy atom. The van der Waals surface area contributed by atoms with Crippen molar-refractivity contribution in [3.8, 4) is 5.88 Å². The molecule has 22 heteroatoms. The molecule has 67 heavy (non-hydrogen) atoms. The number of aromatic hydroxyl groups is 1. The predicted molar refractivity (Wildman–Crippen MR) is 253 cm³/mol. The molecule has 1 aromatic rings. The van der Waals surface area contributed by atoms with Crippen LogP contribution in [0.25, 0.3) is 0 Å². The lowest BCUT2D eigenvalue weighted by Crippen LogP contribution is -2.48. The number of unbranched alkanes of at least 4 members (excludes halogenated alkanes) is 2. The van der Waals surface area contributed by atoms with Crippen LogP contribution in [0.1, 0.15) is 62.9 Å². The molecule has 2 aliphatic heterocycles. The van der Waals surface area contributed by atoms with Crippen molar-refractivity contribution in [2.75, 3.05) is 152 Å². The number of aliphatic hydroxyl groups excluding tert-OH is 3. The summed E-state index contributed by atoms with van der Waals surface area (Å²) in [6.45, 7) is 20.8. The van der Waals surface area contributed by atoms with Crippen LogP contribution in [-0.4, -0.2) is 224 Å². The Labute approximate surface area is 398 Å². The zero-order valence-corrected chi connectivity index (χ0v) is 40.5. The largest absolute Gasteiger partial charge is 0.494 e. The number of piperidine rings is 1. The number of aldehydes is 1. The van der Waals surface area contributed by atoms with Gasteiger partial charge in [-0.2, -0.15) is 0 Å². The zero-order valence-electron chi connectivity index (χ0n) is 40.5. The summed E-state index contributed by atoms with van der Waals surface area (Å²) in [7, 11) is 1.60. The number of ether oxygens (including phenoxy) is 7. The van der Waals surface area contributed by atoms with Crippen molar-refractivity contribution in [1.82, 2.24) is 41.4 Å². The standard InChI is InChI=1S/C36H67N7O9.C6H12O4.C3H7NO/c1-3-4-5-19-47-20-12-37-10-11-38-32(2)39-13-21-48-23-25-50-27-29-52-30-28-51-26-24-49-22-14-40-36(46)41-33-8-15-42(16-9-33)17-18-43-34(31-44)6-7-35(43)45;7-3-5-6(9)4(8)1-2-10-5;1-3(5)4-2/h6-7,31,33,37-39,45H,2-5,8-30H2,1H3,(H2,40,41,46);4-9H,1-3H2;1-2H3,(H,4,5). The van der Waals surface area contributed by atoms with Crippen LogP contribution in [0.5, 0.6) is 5.88 Å². The maximum absolute atomic E-state index is 12.2. The van der Waals surface area contributed by atoms with E-state index in [1.165, 1.54) is 25.8 Å². The van der Waals surface area contributed by atoms with Crippen LogP contribution in [0.2, 0.25) is 0 Å². The molecule has 1 aromatic heterocycles. The van der Waals surface area contributed by atoms with Gasteiger partial charge in [-0.3, -0.25) is 9.59 Å². The van der Waals surface area contributed by atoms with E-state index in [2.05, 4.69) is 50.3 Å². The quantitative estimate of drug-likeness (QED) is 0.0301. The molecule has 3 atom stereocenters. The van der Waals surface area contributed by atoms with Crippen LogP contribution < -0.4 is 31.9 Å². The van der Waals surface area contributed by atoms with E-state index in [-0.39, 0.29) is 30.5 Å². The van der Waals surface area contributed by atoms with Crippen LogP contribution in [0, 0.1) is 0 Å². The Bertz CT molecular complexity index is 1380. The molecule has 2 saturated heterocycles. The highest BCUT2D eigenvalue weighted by molar-refractivity contribution is 5.74. The first-order chi connectivity index (χ1) is 32.6. The van der Waals surface area contributed by atoms with Crippen LogP contribution >= 0.6 is 0 Å². The molecule has 2 fully saturated rings. The average molecular weight is 963 g/mol. The van der Waals surface area contributed by atoms with Gasteiger partial charge in [0, 0.05) is 98.2 Å². The van der Waals surface area contributed by atoms with Crippen molar-refractivity contribution in [1.29, 1.82) is 0 Å². The van der Waals surface area contributed by atoms with Gasteiger partial charge in [-0.15, -0.1) is 0 Å². The number of likely N-dealkylation sites (tertiary alicyclic amines) is 1. The van der Waals surface area contributed by atoms with Crippen LogP contribution in [0.15, 0.2) is 24.5 Å². The molecule has 0 aliphatic carbocycles. The third kappa shape index (κ3) is 33.5. The summed E-state index contributed by atoms with van der Waals surface area (Å²) in [6.07, 6.45) is 4.18. The Hall–Kier alpha value is -3.65. The number of carbonyl (C=O) groups excluding carboxylic acids is 3. The lowest BCUT2D eigenvalue weighted by atomic mass is 10.0. The Balaban J connectivity index is 0.00000126. The molecular weight excluding hydrogens is 877 g/mol. The van der Waals surface area contributed by atoms with Gasteiger partial charge in [0.1, 0.15) is 12.2 Å². The van der Waals surface area contributed by atoms with E-state index in [1.54, 1.807) is 17.7 Å².